The number of hydrogen-bond acceptors (Lipinski definition) is 1. The van der Waals surface area contributed by atoms with Crippen molar-refractivity contribution in [1.29, 1.82) is 0 Å². The largest absolute Gasteiger partial charge is 0.342 e. The molecule has 0 saturated heterocycles. The summed E-state index contributed by atoms with van der Waals surface area (Å²) in [5.74, 6) is -0.0577. The number of anilines is 1. The molecule has 1 aromatic carbocycles. The molecule has 2 aromatic rings. The van der Waals surface area contributed by atoms with Gasteiger partial charge in [0.05, 0.1) is 0 Å². The van der Waals surface area contributed by atoms with Crippen LogP contribution in [0.2, 0.25) is 0 Å². The molecule has 0 radical (unpaired) electrons. The minimum absolute atomic E-state index is 0.0577. The van der Waals surface area contributed by atoms with Gasteiger partial charge in [0, 0.05) is 22.9 Å². The van der Waals surface area contributed by atoms with Gasteiger partial charge in [0.25, 0.3) is 5.91 Å². The topological polar surface area (TPSA) is 34.0 Å². The molecule has 4 heteroatoms. The third kappa shape index (κ3) is 3.97. The van der Waals surface area contributed by atoms with E-state index in [1.165, 1.54) is 5.56 Å². The van der Waals surface area contributed by atoms with Gasteiger partial charge in [0.15, 0.2) is 0 Å². The van der Waals surface area contributed by atoms with Crippen molar-refractivity contribution in [2.75, 3.05) is 5.32 Å². The highest BCUT2D eigenvalue weighted by molar-refractivity contribution is 9.10. The number of para-hydroxylation sites is 1. The number of nitrogens with zero attached hydrogens (tertiary/aromatic N) is 1. The lowest BCUT2D eigenvalue weighted by atomic mass is 10.1. The molecule has 1 amide bonds. The first kappa shape index (κ1) is 15.8. The number of carbonyl (C=O) groups excluding carboxylic acids is 1. The van der Waals surface area contributed by atoms with Crippen LogP contribution < -0.4 is 5.32 Å². The van der Waals surface area contributed by atoms with Gasteiger partial charge in [-0.05, 0) is 46.5 Å². The molecule has 0 unspecified atom stereocenters. The highest BCUT2D eigenvalue weighted by atomic mass is 79.9. The maximum atomic E-state index is 12.5. The maximum Gasteiger partial charge on any atom is 0.272 e. The van der Waals surface area contributed by atoms with Crippen molar-refractivity contribution in [2.45, 2.75) is 39.7 Å². The van der Waals surface area contributed by atoms with E-state index in [1.807, 2.05) is 35.0 Å². The summed E-state index contributed by atoms with van der Waals surface area (Å²) in [4.78, 5) is 12.5. The number of hydrogen-bond donors (Lipinski definition) is 1. The summed E-state index contributed by atoms with van der Waals surface area (Å²) in [7, 11) is 0. The van der Waals surface area contributed by atoms with Gasteiger partial charge in [0.1, 0.15) is 5.69 Å². The average Bonchev–Trinajstić information content (AvgIpc) is 2.83. The zero-order valence-corrected chi connectivity index (χ0v) is 14.1. The Morgan fingerprint density at radius 3 is 2.71 bits per heavy atom. The Labute approximate surface area is 134 Å². The van der Waals surface area contributed by atoms with Crippen LogP contribution in [-0.2, 0) is 13.0 Å². The van der Waals surface area contributed by atoms with E-state index in [9.17, 15) is 4.79 Å². The summed E-state index contributed by atoms with van der Waals surface area (Å²) < 4.78 is 2.92. The standard InChI is InChI=1S/C17H21BrN2O/c1-3-7-13-8-5-6-9-15(13)19-17(21)16-11-14(18)12-20(16)10-4-2/h5-6,8-9,11-12H,3-4,7,10H2,1-2H3,(H,19,21). The number of amides is 1. The molecule has 0 aliphatic carbocycles. The van der Waals surface area contributed by atoms with Crippen molar-refractivity contribution in [1.82, 2.24) is 4.57 Å². The number of aryl methyl sites for hydroxylation is 2. The van der Waals surface area contributed by atoms with Gasteiger partial charge in [-0.1, -0.05) is 38.5 Å². The molecule has 0 fully saturated rings. The van der Waals surface area contributed by atoms with E-state index in [0.717, 1.165) is 36.0 Å². The van der Waals surface area contributed by atoms with Crippen LogP contribution in [0, 0.1) is 0 Å². The Hall–Kier alpha value is -1.55. The van der Waals surface area contributed by atoms with Crippen LogP contribution >= 0.6 is 15.9 Å². The molecule has 0 atom stereocenters. The molecule has 1 heterocycles. The molecule has 0 bridgehead atoms. The van der Waals surface area contributed by atoms with E-state index < -0.39 is 0 Å². The fourth-order valence-corrected chi connectivity index (χ4v) is 2.87. The smallest absolute Gasteiger partial charge is 0.272 e. The third-order valence-corrected chi connectivity index (χ3v) is 3.78. The van der Waals surface area contributed by atoms with Crippen LogP contribution in [0.25, 0.3) is 0 Å². The van der Waals surface area contributed by atoms with E-state index in [-0.39, 0.29) is 5.91 Å². The van der Waals surface area contributed by atoms with Crippen LogP contribution in [-0.4, -0.2) is 10.5 Å². The summed E-state index contributed by atoms with van der Waals surface area (Å²) in [6, 6.07) is 9.87. The zero-order chi connectivity index (χ0) is 15.2. The first-order chi connectivity index (χ1) is 10.2. The van der Waals surface area contributed by atoms with Gasteiger partial charge in [-0.15, -0.1) is 0 Å². The van der Waals surface area contributed by atoms with Crippen molar-refractivity contribution < 1.29 is 4.79 Å². The van der Waals surface area contributed by atoms with Gasteiger partial charge < -0.3 is 9.88 Å². The SMILES string of the molecule is CCCc1ccccc1NC(=O)c1cc(Br)cn1CCC. The first-order valence-electron chi connectivity index (χ1n) is 7.40. The van der Waals surface area contributed by atoms with E-state index >= 15 is 0 Å². The normalized spacial score (nSPS) is 10.6. The van der Waals surface area contributed by atoms with Crippen molar-refractivity contribution in [3.8, 4) is 0 Å². The summed E-state index contributed by atoms with van der Waals surface area (Å²) in [5.41, 5.74) is 2.78. The lowest BCUT2D eigenvalue weighted by Gasteiger charge is -2.12. The van der Waals surface area contributed by atoms with Crippen molar-refractivity contribution in [3.63, 3.8) is 0 Å². The quantitative estimate of drug-likeness (QED) is 0.794. The Balaban J connectivity index is 2.22. The molecule has 112 valence electrons. The minimum Gasteiger partial charge on any atom is -0.342 e. The fourth-order valence-electron chi connectivity index (χ4n) is 2.41. The van der Waals surface area contributed by atoms with Gasteiger partial charge in [-0.25, -0.2) is 0 Å². The minimum atomic E-state index is -0.0577. The van der Waals surface area contributed by atoms with Crippen molar-refractivity contribution in [3.05, 3.63) is 52.3 Å². The molecule has 21 heavy (non-hydrogen) atoms. The summed E-state index contributed by atoms with van der Waals surface area (Å²) >= 11 is 3.45. The fraction of sp³-hybridized carbons (Fsp3) is 0.353. The number of nitrogens with one attached hydrogen (secondary N) is 1. The monoisotopic (exact) mass is 348 g/mol. The molecule has 0 aliphatic rings. The predicted molar refractivity (Wildman–Crippen MR) is 90.8 cm³/mol. The van der Waals surface area contributed by atoms with Gasteiger partial charge >= 0.3 is 0 Å². The Bertz CT molecular complexity index is 619. The molecule has 2 rings (SSSR count). The molecule has 3 nitrogen and oxygen atoms in total. The summed E-state index contributed by atoms with van der Waals surface area (Å²) in [6.07, 6.45) is 4.98. The van der Waals surface area contributed by atoms with E-state index in [2.05, 4.69) is 41.2 Å². The second kappa shape index (κ2) is 7.46. The van der Waals surface area contributed by atoms with Crippen LogP contribution in [0.3, 0.4) is 0 Å². The molecule has 0 saturated carbocycles. The van der Waals surface area contributed by atoms with Crippen LogP contribution in [0.1, 0.15) is 42.7 Å². The zero-order valence-electron chi connectivity index (χ0n) is 12.5. The molecular formula is C17H21BrN2O. The Morgan fingerprint density at radius 1 is 1.24 bits per heavy atom. The molecule has 0 spiro atoms. The number of rotatable bonds is 6. The van der Waals surface area contributed by atoms with Gasteiger partial charge in [-0.2, -0.15) is 0 Å². The first-order valence-corrected chi connectivity index (χ1v) is 8.20. The third-order valence-electron chi connectivity index (χ3n) is 3.35. The van der Waals surface area contributed by atoms with Gasteiger partial charge in [0.2, 0.25) is 0 Å². The number of halogens is 1. The van der Waals surface area contributed by atoms with Crippen molar-refractivity contribution >= 4 is 27.5 Å². The lowest BCUT2D eigenvalue weighted by molar-refractivity contribution is 0.101. The van der Waals surface area contributed by atoms with Crippen LogP contribution in [0.15, 0.2) is 41.0 Å². The molecular weight excluding hydrogens is 328 g/mol. The maximum absolute atomic E-state index is 12.5. The van der Waals surface area contributed by atoms with Gasteiger partial charge in [-0.3, -0.25) is 4.79 Å². The Kier molecular flexibility index (Phi) is 5.62. The highest BCUT2D eigenvalue weighted by Gasteiger charge is 2.14. The molecule has 1 N–H and O–H groups in total. The molecule has 1 aromatic heterocycles. The second-order valence-electron chi connectivity index (χ2n) is 5.10. The van der Waals surface area contributed by atoms with Crippen LogP contribution in [0.4, 0.5) is 5.69 Å². The van der Waals surface area contributed by atoms with E-state index in [4.69, 9.17) is 0 Å². The van der Waals surface area contributed by atoms with E-state index in [1.54, 1.807) is 0 Å². The lowest BCUT2D eigenvalue weighted by Crippen LogP contribution is -2.17. The number of aromatic nitrogens is 1. The Morgan fingerprint density at radius 2 is 2.00 bits per heavy atom. The van der Waals surface area contributed by atoms with Crippen molar-refractivity contribution in [2.24, 2.45) is 0 Å². The average molecular weight is 349 g/mol. The number of benzene rings is 1. The predicted octanol–water partition coefficient (Wildman–Crippen LogP) is 4.87. The second-order valence-corrected chi connectivity index (χ2v) is 6.01. The summed E-state index contributed by atoms with van der Waals surface area (Å²) in [5, 5.41) is 3.04. The number of carbonyl (C=O) groups is 1. The van der Waals surface area contributed by atoms with Crippen LogP contribution in [0.5, 0.6) is 0 Å². The molecule has 0 aliphatic heterocycles. The highest BCUT2D eigenvalue weighted by Crippen LogP contribution is 2.20. The summed E-state index contributed by atoms with van der Waals surface area (Å²) in [6.45, 7) is 5.08. The van der Waals surface area contributed by atoms with E-state index in [0.29, 0.717) is 5.69 Å².